The number of nitrogens with zero attached hydrogens (tertiary/aromatic N) is 5. The summed E-state index contributed by atoms with van der Waals surface area (Å²) in [6.45, 7) is 2.42. The molecule has 3 heterocycles. The van der Waals surface area contributed by atoms with E-state index in [1.807, 2.05) is 4.90 Å². The number of amides is 2. The fraction of sp³-hybridized carbons (Fsp3) is 0.481. The lowest BCUT2D eigenvalue weighted by Gasteiger charge is -2.31. The van der Waals surface area contributed by atoms with E-state index in [0.29, 0.717) is 55.9 Å². The number of carbonyl (C=O) groups excluding carboxylic acids is 2. The number of halogens is 4. The summed E-state index contributed by atoms with van der Waals surface area (Å²) in [5, 5.41) is 8.87. The Labute approximate surface area is 252 Å². The van der Waals surface area contributed by atoms with Crippen molar-refractivity contribution in [2.24, 2.45) is 17.8 Å². The normalized spacial score (nSPS) is 23.0. The zero-order chi connectivity index (χ0) is 31.0. The topological polar surface area (TPSA) is 143 Å². The molecule has 1 aliphatic heterocycles. The molecule has 17 heteroatoms. The van der Waals surface area contributed by atoms with Crippen molar-refractivity contribution in [3.05, 3.63) is 41.5 Å². The van der Waals surface area contributed by atoms with Crippen molar-refractivity contribution in [1.29, 1.82) is 0 Å². The summed E-state index contributed by atoms with van der Waals surface area (Å²) in [4.78, 5) is 42.0. The summed E-state index contributed by atoms with van der Waals surface area (Å²) in [7, 11) is 1.36. The summed E-state index contributed by atoms with van der Waals surface area (Å²) in [6.07, 6.45) is -1.51. The van der Waals surface area contributed by atoms with Crippen molar-refractivity contribution >= 4 is 45.9 Å². The van der Waals surface area contributed by atoms with E-state index in [4.69, 9.17) is 9.47 Å². The molecule has 4 atom stereocenters. The molecule has 12 nitrogen and oxygen atoms in total. The Morgan fingerprint density at radius 1 is 1.14 bits per heavy atom. The van der Waals surface area contributed by atoms with E-state index in [1.165, 1.54) is 13.4 Å². The zero-order valence-electron chi connectivity index (χ0n) is 23.4. The number of carbonyl (C=O) groups is 2. The van der Waals surface area contributed by atoms with Crippen LogP contribution in [0.4, 0.5) is 40.1 Å². The second kappa shape index (κ2) is 12.1. The van der Waals surface area contributed by atoms with Crippen LogP contribution in [0, 0.1) is 23.6 Å². The van der Waals surface area contributed by atoms with Crippen molar-refractivity contribution in [3.8, 4) is 5.88 Å². The molecule has 2 aromatic heterocycles. The van der Waals surface area contributed by atoms with Crippen molar-refractivity contribution < 1.29 is 36.6 Å². The number of aromatic nitrogens is 4. The van der Waals surface area contributed by atoms with Crippen LogP contribution >= 0.6 is 11.5 Å². The largest absolute Gasteiger partial charge is 0.480 e. The van der Waals surface area contributed by atoms with E-state index in [0.717, 1.165) is 30.4 Å². The molecule has 0 unspecified atom stereocenters. The molecule has 0 radical (unpaired) electrons. The van der Waals surface area contributed by atoms with Gasteiger partial charge in [-0.2, -0.15) is 22.5 Å². The second-order valence-electron chi connectivity index (χ2n) is 10.8. The summed E-state index contributed by atoms with van der Waals surface area (Å²) in [6, 6.07) is 1.69. The Balaban J connectivity index is 1.21. The lowest BCUT2D eigenvalue weighted by Crippen LogP contribution is -2.48. The van der Waals surface area contributed by atoms with Gasteiger partial charge in [0.2, 0.25) is 22.9 Å². The minimum atomic E-state index is -4.92. The van der Waals surface area contributed by atoms with E-state index >= 15 is 0 Å². The van der Waals surface area contributed by atoms with Gasteiger partial charge < -0.3 is 30.3 Å². The highest BCUT2D eigenvalue weighted by Gasteiger charge is 2.51. The first-order valence-corrected chi connectivity index (χ1v) is 14.7. The lowest BCUT2D eigenvalue weighted by molar-refractivity contribution is -0.140. The Hall–Kier alpha value is -4.12. The Bertz CT molecular complexity index is 1550. The van der Waals surface area contributed by atoms with Crippen LogP contribution in [0.25, 0.3) is 0 Å². The highest BCUT2D eigenvalue weighted by atomic mass is 32.1. The molecular formula is C27H28F4N8O4S. The highest BCUT2D eigenvalue weighted by Crippen LogP contribution is 2.49. The Kier molecular flexibility index (Phi) is 8.24. The fourth-order valence-corrected chi connectivity index (χ4v) is 6.82. The predicted octanol–water partition coefficient (Wildman–Crippen LogP) is 3.86. The third-order valence-corrected chi connectivity index (χ3v) is 8.84. The molecule has 1 aromatic carbocycles. The first-order valence-electron chi connectivity index (χ1n) is 13.9. The van der Waals surface area contributed by atoms with Crippen LogP contribution < -0.4 is 25.6 Å². The van der Waals surface area contributed by atoms with Gasteiger partial charge in [0, 0.05) is 36.4 Å². The number of fused-ring (bicyclic) bond motifs is 2. The summed E-state index contributed by atoms with van der Waals surface area (Å²) < 4.78 is 68.6. The molecule has 2 bridgehead atoms. The Morgan fingerprint density at radius 2 is 1.91 bits per heavy atom. The fourth-order valence-electron chi connectivity index (χ4n) is 6.23. The number of nitrogens with one attached hydrogen (secondary N) is 3. The summed E-state index contributed by atoms with van der Waals surface area (Å²) >= 11 is 1.09. The highest BCUT2D eigenvalue weighted by molar-refractivity contribution is 7.10. The molecular weight excluding hydrogens is 608 g/mol. The second-order valence-corrected chi connectivity index (χ2v) is 11.5. The third-order valence-electron chi connectivity index (χ3n) is 8.22. The number of hydrogen-bond acceptors (Lipinski definition) is 11. The smallest absolute Gasteiger partial charge is 0.419 e. The van der Waals surface area contributed by atoms with Crippen molar-refractivity contribution in [2.75, 3.05) is 48.9 Å². The van der Waals surface area contributed by atoms with Gasteiger partial charge in [0.15, 0.2) is 5.82 Å². The minimum Gasteiger partial charge on any atom is -0.480 e. The number of morpholine rings is 1. The molecule has 2 amide bonds. The molecule has 1 saturated heterocycles. The molecule has 2 saturated carbocycles. The Morgan fingerprint density at radius 3 is 2.66 bits per heavy atom. The average Bonchev–Trinajstić information content (AvgIpc) is 3.75. The monoisotopic (exact) mass is 636 g/mol. The van der Waals surface area contributed by atoms with Crippen LogP contribution in [-0.2, 0) is 15.7 Å². The first-order chi connectivity index (χ1) is 21.1. The molecule has 234 valence electrons. The standard InChI is InChI=1S/C27H28F4N8O4S/c1-42-24-19(21(32-12-33-24)36-26-37-25(38-44-26)39-6-8-43-9-7-39)23(41)35-20-14-3-2-13(10-14)18(20)22(40)34-15-4-5-17(28)16(11-15)27(29,30)31/h4-5,11-14,18,20H,2-3,6-10H2,1H3,(H,34,40)(H,35,41)(H,32,33,36,37,38)/t13-,14+,18+,20-/m1/s1. The van der Waals surface area contributed by atoms with Crippen molar-refractivity contribution in [3.63, 3.8) is 0 Å². The maximum absolute atomic E-state index is 13.8. The molecule has 0 spiro atoms. The molecule has 2 aliphatic carbocycles. The number of benzene rings is 1. The van der Waals surface area contributed by atoms with Crippen LogP contribution in [0.5, 0.6) is 5.88 Å². The van der Waals surface area contributed by atoms with Crippen LogP contribution in [0.2, 0.25) is 0 Å². The van der Waals surface area contributed by atoms with E-state index < -0.39 is 41.3 Å². The zero-order valence-corrected chi connectivity index (χ0v) is 24.2. The number of rotatable bonds is 8. The van der Waals surface area contributed by atoms with E-state index in [9.17, 15) is 27.2 Å². The number of alkyl halides is 3. The van der Waals surface area contributed by atoms with Crippen LogP contribution in [0.1, 0.15) is 35.2 Å². The van der Waals surface area contributed by atoms with Gasteiger partial charge in [-0.25, -0.2) is 14.4 Å². The van der Waals surface area contributed by atoms with Gasteiger partial charge in [0.25, 0.3) is 5.91 Å². The van der Waals surface area contributed by atoms with Gasteiger partial charge in [0.05, 0.1) is 31.8 Å². The van der Waals surface area contributed by atoms with Crippen LogP contribution in [-0.4, -0.2) is 70.6 Å². The van der Waals surface area contributed by atoms with E-state index in [1.54, 1.807) is 0 Å². The van der Waals surface area contributed by atoms with E-state index in [2.05, 4.69) is 35.3 Å². The summed E-state index contributed by atoms with van der Waals surface area (Å²) in [5.41, 5.74) is -1.67. The van der Waals surface area contributed by atoms with Crippen LogP contribution in [0.15, 0.2) is 24.5 Å². The average molecular weight is 637 g/mol. The quantitative estimate of drug-likeness (QED) is 0.312. The van der Waals surface area contributed by atoms with Crippen LogP contribution in [0.3, 0.4) is 0 Å². The maximum atomic E-state index is 13.8. The number of ether oxygens (including phenoxy) is 2. The van der Waals surface area contributed by atoms with Gasteiger partial charge in [-0.05, 0) is 49.3 Å². The van der Waals surface area contributed by atoms with E-state index in [-0.39, 0.29) is 34.8 Å². The van der Waals surface area contributed by atoms with Gasteiger partial charge in [-0.1, -0.05) is 0 Å². The molecule has 3 aromatic rings. The van der Waals surface area contributed by atoms with Crippen molar-refractivity contribution in [1.82, 2.24) is 24.6 Å². The first kappa shape index (κ1) is 29.9. The number of anilines is 4. The van der Waals surface area contributed by atoms with Crippen molar-refractivity contribution in [2.45, 2.75) is 31.5 Å². The number of hydrogen-bond donors (Lipinski definition) is 3. The molecule has 3 fully saturated rings. The molecule has 3 N–H and O–H groups in total. The van der Waals surface area contributed by atoms with Gasteiger partial charge >= 0.3 is 6.18 Å². The predicted molar refractivity (Wildman–Crippen MR) is 150 cm³/mol. The number of methoxy groups -OCH3 is 1. The minimum absolute atomic E-state index is 0.00610. The summed E-state index contributed by atoms with van der Waals surface area (Å²) in [5.74, 6) is -2.78. The third kappa shape index (κ3) is 5.97. The van der Waals surface area contributed by atoms with Gasteiger partial charge in [-0.15, -0.1) is 0 Å². The molecule has 44 heavy (non-hydrogen) atoms. The van der Waals surface area contributed by atoms with Gasteiger partial charge in [-0.3, -0.25) is 9.59 Å². The van der Waals surface area contributed by atoms with Gasteiger partial charge in [0.1, 0.15) is 17.7 Å². The molecule has 6 rings (SSSR count). The lowest BCUT2D eigenvalue weighted by atomic mass is 9.83. The SMILES string of the molecule is COc1ncnc(Nc2nc(N3CCOCC3)ns2)c1C(=O)N[C@@H]1[C@H]2CC[C@H](C2)[C@@H]1C(=O)Nc1ccc(F)c(C(F)(F)F)c1. The maximum Gasteiger partial charge on any atom is 0.419 e. The molecule has 3 aliphatic rings.